The van der Waals surface area contributed by atoms with E-state index in [9.17, 15) is 0 Å². The standard InChI is InChI=1S/C15H24N3OSSi/c1-12(2)10-21(4,5)19-9-8-18(3)14-7-6-13-15(17-14)20-11-16-13/h6-7,12H,8-10H2,1-5H3. The first-order valence-electron chi connectivity index (χ1n) is 7.36. The van der Waals surface area contributed by atoms with Gasteiger partial charge in [-0.1, -0.05) is 25.2 Å². The second-order valence-corrected chi connectivity index (χ2v) is 11.4. The summed E-state index contributed by atoms with van der Waals surface area (Å²) in [5.74, 6) is 1.67. The molecule has 2 heterocycles. The SMILES string of the molecule is CC(C)C[Si](C)(C)OCCN(C)c1ccc2n[c]sc2n1. The summed E-state index contributed by atoms with van der Waals surface area (Å²) >= 11 is 1.46. The van der Waals surface area contributed by atoms with Gasteiger partial charge in [0.25, 0.3) is 0 Å². The molecule has 0 amide bonds. The number of likely N-dealkylation sites (N-methyl/N-ethyl adjacent to an activating group) is 1. The first kappa shape index (κ1) is 16.4. The normalized spacial score (nSPS) is 12.3. The van der Waals surface area contributed by atoms with Crippen LogP contribution in [0.2, 0.25) is 19.1 Å². The van der Waals surface area contributed by atoms with Crippen molar-refractivity contribution < 1.29 is 4.43 Å². The van der Waals surface area contributed by atoms with Gasteiger partial charge in [-0.25, -0.2) is 9.97 Å². The molecule has 6 heteroatoms. The van der Waals surface area contributed by atoms with Crippen LogP contribution in [0, 0.1) is 11.4 Å². The average Bonchev–Trinajstić information content (AvgIpc) is 2.83. The van der Waals surface area contributed by atoms with Crippen LogP contribution in [-0.4, -0.2) is 38.5 Å². The number of aromatic nitrogens is 2. The maximum atomic E-state index is 6.16. The highest BCUT2D eigenvalue weighted by molar-refractivity contribution is 7.15. The van der Waals surface area contributed by atoms with Gasteiger partial charge in [-0.2, -0.15) is 0 Å². The minimum Gasteiger partial charge on any atom is -0.416 e. The average molecular weight is 323 g/mol. The second kappa shape index (κ2) is 6.85. The van der Waals surface area contributed by atoms with Crippen LogP contribution < -0.4 is 4.90 Å². The third-order valence-corrected chi connectivity index (χ3v) is 6.81. The quantitative estimate of drug-likeness (QED) is 0.727. The van der Waals surface area contributed by atoms with E-state index in [0.717, 1.165) is 29.3 Å². The molecule has 0 bridgehead atoms. The summed E-state index contributed by atoms with van der Waals surface area (Å²) in [6, 6.07) is 5.21. The van der Waals surface area contributed by atoms with Crippen LogP contribution in [0.3, 0.4) is 0 Å². The molecule has 0 N–H and O–H groups in total. The molecule has 0 unspecified atom stereocenters. The van der Waals surface area contributed by atoms with Crippen LogP contribution in [0.5, 0.6) is 0 Å². The van der Waals surface area contributed by atoms with Crippen molar-refractivity contribution >= 4 is 35.8 Å². The summed E-state index contributed by atoms with van der Waals surface area (Å²) in [4.78, 5) is 11.8. The van der Waals surface area contributed by atoms with Crippen molar-refractivity contribution in [2.75, 3.05) is 25.1 Å². The topological polar surface area (TPSA) is 38.2 Å². The number of hydrogen-bond donors (Lipinski definition) is 0. The first-order valence-corrected chi connectivity index (χ1v) is 11.3. The number of fused-ring (bicyclic) bond motifs is 1. The van der Waals surface area contributed by atoms with E-state index in [1.165, 1.54) is 17.4 Å². The predicted molar refractivity (Wildman–Crippen MR) is 92.6 cm³/mol. The summed E-state index contributed by atoms with van der Waals surface area (Å²) in [5, 5.41) is 0. The maximum Gasteiger partial charge on any atom is 0.187 e. The summed E-state index contributed by atoms with van der Waals surface area (Å²) in [7, 11) is 0.528. The summed E-state index contributed by atoms with van der Waals surface area (Å²) in [6.07, 6.45) is 0. The molecule has 4 nitrogen and oxygen atoms in total. The fourth-order valence-electron chi connectivity index (χ4n) is 2.53. The summed E-state index contributed by atoms with van der Waals surface area (Å²) < 4.78 is 6.16. The van der Waals surface area contributed by atoms with Crippen LogP contribution in [0.4, 0.5) is 5.82 Å². The molecule has 0 atom stereocenters. The predicted octanol–water partition coefficient (Wildman–Crippen LogP) is 3.81. The van der Waals surface area contributed by atoms with Crippen LogP contribution >= 0.6 is 11.3 Å². The van der Waals surface area contributed by atoms with Gasteiger partial charge in [-0.15, -0.1) is 0 Å². The highest BCUT2D eigenvalue weighted by Gasteiger charge is 2.23. The Bertz CT molecular complexity index is 585. The lowest BCUT2D eigenvalue weighted by Crippen LogP contribution is -2.35. The Morgan fingerprint density at radius 2 is 2.14 bits per heavy atom. The molecule has 0 aliphatic carbocycles. The molecule has 0 aliphatic rings. The van der Waals surface area contributed by atoms with E-state index in [-0.39, 0.29) is 0 Å². The van der Waals surface area contributed by atoms with E-state index in [4.69, 9.17) is 4.43 Å². The molecule has 2 rings (SSSR count). The van der Waals surface area contributed by atoms with Crippen molar-refractivity contribution in [1.82, 2.24) is 9.97 Å². The van der Waals surface area contributed by atoms with Gasteiger partial charge < -0.3 is 9.33 Å². The van der Waals surface area contributed by atoms with Crippen LogP contribution in [0.25, 0.3) is 10.3 Å². The number of rotatable bonds is 7. The van der Waals surface area contributed by atoms with Crippen LogP contribution in [-0.2, 0) is 4.43 Å². The Kier molecular flexibility index (Phi) is 5.35. The third-order valence-electron chi connectivity index (χ3n) is 3.34. The van der Waals surface area contributed by atoms with Gasteiger partial charge in [-0.3, -0.25) is 0 Å². The zero-order valence-corrected chi connectivity index (χ0v) is 15.3. The van der Waals surface area contributed by atoms with Crippen molar-refractivity contribution in [2.45, 2.75) is 33.0 Å². The number of thiazole rings is 1. The van der Waals surface area contributed by atoms with Gasteiger partial charge in [0.15, 0.2) is 13.8 Å². The molecule has 115 valence electrons. The van der Waals surface area contributed by atoms with E-state index in [1.54, 1.807) is 0 Å². The molecule has 0 fully saturated rings. The Morgan fingerprint density at radius 1 is 1.38 bits per heavy atom. The molecular formula is C15H24N3OSSi. The Balaban J connectivity index is 1.88. The van der Waals surface area contributed by atoms with Crippen molar-refractivity contribution in [1.29, 1.82) is 0 Å². The van der Waals surface area contributed by atoms with Crippen molar-refractivity contribution in [3.8, 4) is 0 Å². The number of nitrogens with zero attached hydrogens (tertiary/aromatic N) is 3. The molecule has 0 aliphatic heterocycles. The molecular weight excluding hydrogens is 298 g/mol. The Morgan fingerprint density at radius 3 is 2.86 bits per heavy atom. The molecule has 0 spiro atoms. The van der Waals surface area contributed by atoms with Gasteiger partial charge in [0.05, 0.1) is 6.61 Å². The van der Waals surface area contributed by atoms with Crippen LogP contribution in [0.1, 0.15) is 13.8 Å². The van der Waals surface area contributed by atoms with Crippen LogP contribution in [0.15, 0.2) is 12.1 Å². The lowest BCUT2D eigenvalue weighted by Gasteiger charge is -2.26. The van der Waals surface area contributed by atoms with Crippen molar-refractivity contribution in [3.05, 3.63) is 17.6 Å². The monoisotopic (exact) mass is 322 g/mol. The number of pyridine rings is 1. The smallest absolute Gasteiger partial charge is 0.187 e. The molecule has 0 aromatic carbocycles. The third kappa shape index (κ3) is 4.76. The molecule has 2 aromatic heterocycles. The first-order chi connectivity index (χ1) is 9.87. The van der Waals surface area contributed by atoms with E-state index in [2.05, 4.69) is 54.4 Å². The zero-order valence-electron chi connectivity index (χ0n) is 13.5. The second-order valence-electron chi connectivity index (χ2n) is 6.43. The van der Waals surface area contributed by atoms with Gasteiger partial charge in [0.2, 0.25) is 0 Å². The van der Waals surface area contributed by atoms with Gasteiger partial charge >= 0.3 is 0 Å². The summed E-state index contributed by atoms with van der Waals surface area (Å²) in [6.45, 7) is 10.7. The lowest BCUT2D eigenvalue weighted by atomic mass is 10.3. The minimum absolute atomic E-state index is 0.705. The molecule has 21 heavy (non-hydrogen) atoms. The summed E-state index contributed by atoms with van der Waals surface area (Å²) in [5.41, 5.74) is 3.79. The van der Waals surface area contributed by atoms with E-state index >= 15 is 0 Å². The zero-order chi connectivity index (χ0) is 15.5. The van der Waals surface area contributed by atoms with Gasteiger partial charge in [0.1, 0.15) is 16.2 Å². The highest BCUT2D eigenvalue weighted by atomic mass is 32.1. The molecule has 0 saturated carbocycles. The fraction of sp³-hybridized carbons (Fsp3) is 0.600. The molecule has 0 saturated heterocycles. The molecule has 2 aromatic rings. The van der Waals surface area contributed by atoms with Crippen molar-refractivity contribution in [2.24, 2.45) is 5.92 Å². The fourth-order valence-corrected chi connectivity index (χ4v) is 5.84. The number of hydrogen-bond acceptors (Lipinski definition) is 5. The lowest BCUT2D eigenvalue weighted by molar-refractivity contribution is 0.311. The maximum absolute atomic E-state index is 6.16. The van der Waals surface area contributed by atoms with E-state index in [0.29, 0.717) is 5.92 Å². The van der Waals surface area contributed by atoms with E-state index < -0.39 is 8.32 Å². The minimum atomic E-state index is -1.53. The Labute approximate surface area is 132 Å². The number of anilines is 1. The largest absolute Gasteiger partial charge is 0.416 e. The highest BCUT2D eigenvalue weighted by Crippen LogP contribution is 2.20. The van der Waals surface area contributed by atoms with E-state index in [1.807, 2.05) is 12.1 Å². The van der Waals surface area contributed by atoms with Crippen molar-refractivity contribution in [3.63, 3.8) is 0 Å². The van der Waals surface area contributed by atoms with Gasteiger partial charge in [0, 0.05) is 13.6 Å². The molecule has 1 radical (unpaired) electrons. The Hall–Kier alpha value is -0.983. The van der Waals surface area contributed by atoms with Gasteiger partial charge in [-0.05, 0) is 37.2 Å².